The van der Waals surface area contributed by atoms with Crippen LogP contribution in [-0.2, 0) is 6.42 Å². The van der Waals surface area contributed by atoms with Crippen LogP contribution in [0.5, 0.6) is 11.5 Å². The number of carbonyl (C=O) groups is 1. The van der Waals surface area contributed by atoms with Crippen LogP contribution in [0.25, 0.3) is 0 Å². The molecule has 116 valence electrons. The van der Waals surface area contributed by atoms with Gasteiger partial charge in [0.05, 0.1) is 19.8 Å². The van der Waals surface area contributed by atoms with Gasteiger partial charge in [0.15, 0.2) is 17.8 Å². The zero-order valence-electron chi connectivity index (χ0n) is 12.4. The van der Waals surface area contributed by atoms with E-state index in [9.17, 15) is 4.79 Å². The predicted molar refractivity (Wildman–Crippen MR) is 85.6 cm³/mol. The number of hydrogen-bond acceptors (Lipinski definition) is 5. The maximum atomic E-state index is 11.2. The largest absolute Gasteiger partial charge is 0.493 e. The molecule has 1 aliphatic heterocycles. The predicted octanol–water partition coefficient (Wildman–Crippen LogP) is 1.73. The van der Waals surface area contributed by atoms with Gasteiger partial charge in [0.2, 0.25) is 0 Å². The summed E-state index contributed by atoms with van der Waals surface area (Å²) in [6.45, 7) is 5.16. The van der Waals surface area contributed by atoms with Crippen molar-refractivity contribution < 1.29 is 14.3 Å². The van der Waals surface area contributed by atoms with E-state index in [4.69, 9.17) is 9.47 Å². The van der Waals surface area contributed by atoms with Crippen LogP contribution in [0.3, 0.4) is 0 Å². The Labute approximate surface area is 133 Å². The Balaban J connectivity index is 2.21. The summed E-state index contributed by atoms with van der Waals surface area (Å²) in [6.07, 6.45) is 1.64. The number of nitrogens with zero attached hydrogens (tertiary/aromatic N) is 1. The number of rotatable bonds is 6. The number of hydrogen-bond donors (Lipinski definition) is 1. The Hall–Kier alpha value is -1.11. The number of piperazine rings is 1. The van der Waals surface area contributed by atoms with Gasteiger partial charge in [0, 0.05) is 42.8 Å². The minimum Gasteiger partial charge on any atom is -0.493 e. The average molecular weight is 357 g/mol. The molecule has 0 bridgehead atoms. The second-order valence-electron chi connectivity index (χ2n) is 4.96. The number of benzene rings is 1. The second kappa shape index (κ2) is 7.77. The molecule has 1 saturated heterocycles. The molecule has 1 N–H and O–H groups in total. The van der Waals surface area contributed by atoms with Gasteiger partial charge < -0.3 is 19.7 Å². The molecule has 1 aromatic rings. The molecule has 1 aromatic carbocycles. The average Bonchev–Trinajstić information content (AvgIpc) is 2.53. The van der Waals surface area contributed by atoms with Crippen LogP contribution in [0.1, 0.15) is 15.9 Å². The summed E-state index contributed by atoms with van der Waals surface area (Å²) in [5, 5.41) is 3.35. The fraction of sp³-hybridized carbons (Fsp3) is 0.533. The molecular formula is C15H21BrN2O3. The molecule has 0 atom stereocenters. The lowest BCUT2D eigenvalue weighted by atomic mass is 10.1. The minimum atomic E-state index is 0.486. The molecule has 0 amide bonds. The highest BCUT2D eigenvalue weighted by Gasteiger charge is 2.19. The minimum absolute atomic E-state index is 0.486. The van der Waals surface area contributed by atoms with E-state index < -0.39 is 0 Å². The Morgan fingerprint density at radius 2 is 1.95 bits per heavy atom. The SMILES string of the molecule is COc1c(CCN2CCNCC2)cc(Br)c(C=O)c1OC. The molecule has 6 heteroatoms. The van der Waals surface area contributed by atoms with Crippen molar-refractivity contribution in [3.05, 3.63) is 21.7 Å². The van der Waals surface area contributed by atoms with E-state index in [1.54, 1.807) is 14.2 Å². The lowest BCUT2D eigenvalue weighted by Gasteiger charge is -2.27. The van der Waals surface area contributed by atoms with Gasteiger partial charge in [-0.05, 0) is 28.4 Å². The van der Waals surface area contributed by atoms with Gasteiger partial charge in [-0.25, -0.2) is 0 Å². The summed E-state index contributed by atoms with van der Waals surface area (Å²) >= 11 is 3.44. The van der Waals surface area contributed by atoms with Gasteiger partial charge in [-0.15, -0.1) is 0 Å². The van der Waals surface area contributed by atoms with Gasteiger partial charge in [0.1, 0.15) is 0 Å². The molecule has 1 aliphatic rings. The van der Waals surface area contributed by atoms with Gasteiger partial charge in [-0.1, -0.05) is 0 Å². The zero-order chi connectivity index (χ0) is 15.2. The third kappa shape index (κ3) is 3.75. The molecular weight excluding hydrogens is 336 g/mol. The molecule has 0 saturated carbocycles. The van der Waals surface area contributed by atoms with Crippen molar-refractivity contribution >= 4 is 22.2 Å². The summed E-state index contributed by atoms with van der Waals surface area (Å²) in [4.78, 5) is 13.6. The van der Waals surface area contributed by atoms with E-state index in [1.807, 2.05) is 6.07 Å². The van der Waals surface area contributed by atoms with E-state index in [-0.39, 0.29) is 0 Å². The zero-order valence-corrected chi connectivity index (χ0v) is 14.0. The standard InChI is InChI=1S/C15H21BrN2O3/c1-20-14-11(3-6-18-7-4-17-5-8-18)9-13(16)12(10-19)15(14)21-2/h9-10,17H,3-8H2,1-2H3. The molecule has 21 heavy (non-hydrogen) atoms. The summed E-state index contributed by atoms with van der Waals surface area (Å²) in [5.41, 5.74) is 1.53. The first kappa shape index (κ1) is 16.3. The third-order valence-corrected chi connectivity index (χ3v) is 4.39. The summed E-state index contributed by atoms with van der Waals surface area (Å²) in [5.74, 6) is 1.15. The molecule has 2 rings (SSSR count). The summed E-state index contributed by atoms with van der Waals surface area (Å²) in [6, 6.07) is 1.95. The van der Waals surface area contributed by atoms with Crippen LogP contribution >= 0.6 is 15.9 Å². The molecule has 0 unspecified atom stereocenters. The molecule has 1 heterocycles. The van der Waals surface area contributed by atoms with E-state index in [0.29, 0.717) is 17.1 Å². The first-order chi connectivity index (χ1) is 10.2. The van der Waals surface area contributed by atoms with Crippen molar-refractivity contribution in [3.8, 4) is 11.5 Å². The molecule has 0 aromatic heterocycles. The van der Waals surface area contributed by atoms with Crippen LogP contribution in [0.2, 0.25) is 0 Å². The van der Waals surface area contributed by atoms with E-state index in [2.05, 4.69) is 26.1 Å². The first-order valence-corrected chi connectivity index (χ1v) is 7.82. The third-order valence-electron chi connectivity index (χ3n) is 3.73. The number of methoxy groups -OCH3 is 2. The quantitative estimate of drug-likeness (QED) is 0.786. The van der Waals surface area contributed by atoms with Gasteiger partial charge in [0.25, 0.3) is 0 Å². The molecule has 1 fully saturated rings. The number of carbonyl (C=O) groups excluding carboxylic acids is 1. The highest BCUT2D eigenvalue weighted by molar-refractivity contribution is 9.10. The van der Waals surface area contributed by atoms with Crippen molar-refractivity contribution in [2.45, 2.75) is 6.42 Å². The Morgan fingerprint density at radius 3 is 2.52 bits per heavy atom. The second-order valence-corrected chi connectivity index (χ2v) is 5.81. The fourth-order valence-electron chi connectivity index (χ4n) is 2.61. The topological polar surface area (TPSA) is 50.8 Å². The van der Waals surface area contributed by atoms with Crippen molar-refractivity contribution in [1.82, 2.24) is 10.2 Å². The highest BCUT2D eigenvalue weighted by atomic mass is 79.9. The van der Waals surface area contributed by atoms with E-state index in [0.717, 1.165) is 55.5 Å². The summed E-state index contributed by atoms with van der Waals surface area (Å²) < 4.78 is 11.6. The van der Waals surface area contributed by atoms with Crippen LogP contribution in [0, 0.1) is 0 Å². The van der Waals surface area contributed by atoms with E-state index >= 15 is 0 Å². The van der Waals surface area contributed by atoms with Crippen LogP contribution in [-0.4, -0.2) is 58.1 Å². The van der Waals surface area contributed by atoms with Crippen LogP contribution in [0.4, 0.5) is 0 Å². The normalized spacial score (nSPS) is 15.8. The highest BCUT2D eigenvalue weighted by Crippen LogP contribution is 2.38. The molecule has 0 spiro atoms. The lowest BCUT2D eigenvalue weighted by molar-refractivity contribution is 0.111. The van der Waals surface area contributed by atoms with Crippen LogP contribution < -0.4 is 14.8 Å². The van der Waals surface area contributed by atoms with Crippen molar-refractivity contribution in [3.63, 3.8) is 0 Å². The Bertz CT molecular complexity index is 502. The fourth-order valence-corrected chi connectivity index (χ4v) is 3.16. The van der Waals surface area contributed by atoms with Gasteiger partial charge >= 0.3 is 0 Å². The number of ether oxygens (including phenoxy) is 2. The number of nitrogens with one attached hydrogen (secondary N) is 1. The monoisotopic (exact) mass is 356 g/mol. The van der Waals surface area contributed by atoms with Crippen LogP contribution in [0.15, 0.2) is 10.5 Å². The van der Waals surface area contributed by atoms with Gasteiger partial charge in [-0.2, -0.15) is 0 Å². The molecule has 5 nitrogen and oxygen atoms in total. The Morgan fingerprint density at radius 1 is 1.29 bits per heavy atom. The smallest absolute Gasteiger partial charge is 0.172 e. The lowest BCUT2D eigenvalue weighted by Crippen LogP contribution is -2.44. The summed E-state index contributed by atoms with van der Waals surface area (Å²) in [7, 11) is 3.16. The number of halogens is 1. The number of aldehydes is 1. The van der Waals surface area contributed by atoms with E-state index in [1.165, 1.54) is 0 Å². The maximum absolute atomic E-state index is 11.2. The van der Waals surface area contributed by atoms with Crippen molar-refractivity contribution in [1.29, 1.82) is 0 Å². The van der Waals surface area contributed by atoms with Crippen molar-refractivity contribution in [2.75, 3.05) is 46.9 Å². The van der Waals surface area contributed by atoms with Gasteiger partial charge in [-0.3, -0.25) is 4.79 Å². The molecule has 0 aliphatic carbocycles. The first-order valence-electron chi connectivity index (χ1n) is 7.02. The maximum Gasteiger partial charge on any atom is 0.172 e. The molecule has 0 radical (unpaired) electrons. The Kier molecular flexibility index (Phi) is 6.02. The van der Waals surface area contributed by atoms with Crippen molar-refractivity contribution in [2.24, 2.45) is 0 Å².